The summed E-state index contributed by atoms with van der Waals surface area (Å²) in [7, 11) is 3.30. The number of fused-ring (bicyclic) bond motifs is 1. The number of anilines is 1. The first-order valence-electron chi connectivity index (χ1n) is 9.38. The van der Waals surface area contributed by atoms with Gasteiger partial charge in [0, 0.05) is 25.8 Å². The van der Waals surface area contributed by atoms with Crippen LogP contribution in [0.3, 0.4) is 0 Å². The monoisotopic (exact) mass is 369 g/mol. The molecule has 2 aromatic rings. The molecule has 1 aliphatic rings. The average Bonchev–Trinajstić information content (AvgIpc) is 2.72. The van der Waals surface area contributed by atoms with E-state index in [1.165, 1.54) is 11.1 Å². The van der Waals surface area contributed by atoms with Gasteiger partial charge in [0.25, 0.3) is 5.91 Å². The lowest BCUT2D eigenvalue weighted by atomic mass is 9.98. The van der Waals surface area contributed by atoms with Crippen molar-refractivity contribution in [2.24, 2.45) is 0 Å². The summed E-state index contributed by atoms with van der Waals surface area (Å²) < 4.78 is 10.8. The second-order valence-corrected chi connectivity index (χ2v) is 6.69. The van der Waals surface area contributed by atoms with Gasteiger partial charge in [0.2, 0.25) is 0 Å². The normalized spacial score (nSPS) is 13.1. The number of ether oxygens (including phenoxy) is 2. The van der Waals surface area contributed by atoms with Gasteiger partial charge in [0.15, 0.2) is 11.5 Å². The molecule has 144 valence electrons. The largest absolute Gasteiger partial charge is 0.493 e. The maximum Gasteiger partial charge on any atom is 0.252 e. The van der Waals surface area contributed by atoms with Gasteiger partial charge in [-0.3, -0.25) is 9.78 Å². The fourth-order valence-electron chi connectivity index (χ4n) is 3.31. The van der Waals surface area contributed by atoms with Crippen molar-refractivity contribution in [2.75, 3.05) is 32.2 Å². The van der Waals surface area contributed by atoms with E-state index in [1.54, 1.807) is 20.4 Å². The standard InChI is InChI=1S/C21H27N3O3/c1-4-5-7-23-21(25)16-9-18(13-22-12-16)24-8-6-15-10-19(26-2)20(27-3)11-17(15)14-24/h9-13H,4-8,14H2,1-3H3,(H,23,25). The number of nitrogens with zero attached hydrogens (tertiary/aromatic N) is 2. The highest BCUT2D eigenvalue weighted by molar-refractivity contribution is 5.94. The van der Waals surface area contributed by atoms with E-state index in [0.29, 0.717) is 12.1 Å². The number of hydrogen-bond donors (Lipinski definition) is 1. The Morgan fingerprint density at radius 1 is 1.15 bits per heavy atom. The molecule has 0 saturated carbocycles. The summed E-state index contributed by atoms with van der Waals surface area (Å²) in [6.07, 6.45) is 6.38. The molecule has 6 nitrogen and oxygen atoms in total. The molecule has 1 aliphatic heterocycles. The predicted octanol–water partition coefficient (Wildman–Crippen LogP) is 3.19. The highest BCUT2D eigenvalue weighted by atomic mass is 16.5. The molecule has 6 heteroatoms. The van der Waals surface area contributed by atoms with Crippen LogP contribution in [-0.4, -0.2) is 38.2 Å². The van der Waals surface area contributed by atoms with Gasteiger partial charge in [-0.2, -0.15) is 0 Å². The maximum atomic E-state index is 12.3. The van der Waals surface area contributed by atoms with E-state index < -0.39 is 0 Å². The molecule has 0 aliphatic carbocycles. The molecule has 0 bridgehead atoms. The van der Waals surface area contributed by atoms with Gasteiger partial charge in [-0.15, -0.1) is 0 Å². The third-order valence-corrected chi connectivity index (χ3v) is 4.89. The third kappa shape index (κ3) is 4.32. The van der Waals surface area contributed by atoms with E-state index in [4.69, 9.17) is 9.47 Å². The number of hydrogen-bond acceptors (Lipinski definition) is 5. The zero-order valence-corrected chi connectivity index (χ0v) is 16.2. The molecule has 1 amide bonds. The summed E-state index contributed by atoms with van der Waals surface area (Å²) in [6.45, 7) is 4.41. The first-order chi connectivity index (χ1) is 13.2. The second-order valence-electron chi connectivity index (χ2n) is 6.69. The summed E-state index contributed by atoms with van der Waals surface area (Å²) in [4.78, 5) is 18.8. The zero-order valence-electron chi connectivity index (χ0n) is 16.2. The number of aromatic nitrogens is 1. The van der Waals surface area contributed by atoms with E-state index >= 15 is 0 Å². The average molecular weight is 369 g/mol. The van der Waals surface area contributed by atoms with Crippen LogP contribution in [0.25, 0.3) is 0 Å². The first-order valence-corrected chi connectivity index (χ1v) is 9.38. The third-order valence-electron chi connectivity index (χ3n) is 4.89. The van der Waals surface area contributed by atoms with Crippen molar-refractivity contribution >= 4 is 11.6 Å². The van der Waals surface area contributed by atoms with Crippen LogP contribution in [0, 0.1) is 0 Å². The lowest BCUT2D eigenvalue weighted by Crippen LogP contribution is -2.31. The van der Waals surface area contributed by atoms with Crippen LogP contribution in [0.1, 0.15) is 41.3 Å². The number of nitrogens with one attached hydrogen (secondary N) is 1. The molecule has 27 heavy (non-hydrogen) atoms. The van der Waals surface area contributed by atoms with Crippen LogP contribution < -0.4 is 19.7 Å². The lowest BCUT2D eigenvalue weighted by Gasteiger charge is -2.31. The minimum Gasteiger partial charge on any atom is -0.493 e. The predicted molar refractivity (Wildman–Crippen MR) is 106 cm³/mol. The van der Waals surface area contributed by atoms with Crippen molar-refractivity contribution in [2.45, 2.75) is 32.7 Å². The van der Waals surface area contributed by atoms with Gasteiger partial charge in [-0.05, 0) is 42.2 Å². The fraction of sp³-hybridized carbons (Fsp3) is 0.429. The van der Waals surface area contributed by atoms with Crippen molar-refractivity contribution in [1.29, 1.82) is 0 Å². The van der Waals surface area contributed by atoms with Gasteiger partial charge in [0.1, 0.15) is 0 Å². The topological polar surface area (TPSA) is 63.7 Å². The molecular formula is C21H27N3O3. The van der Waals surface area contributed by atoms with Gasteiger partial charge in [-0.1, -0.05) is 13.3 Å². The highest BCUT2D eigenvalue weighted by Crippen LogP contribution is 2.34. The number of amides is 1. The van der Waals surface area contributed by atoms with E-state index in [-0.39, 0.29) is 5.91 Å². The number of methoxy groups -OCH3 is 2. The van der Waals surface area contributed by atoms with E-state index in [1.807, 2.05) is 18.3 Å². The molecule has 0 atom stereocenters. The summed E-state index contributed by atoms with van der Waals surface area (Å²) in [5, 5.41) is 2.95. The van der Waals surface area contributed by atoms with Crippen molar-refractivity contribution in [1.82, 2.24) is 10.3 Å². The Labute approximate surface area is 160 Å². The molecule has 0 radical (unpaired) electrons. The molecule has 1 aromatic carbocycles. The van der Waals surface area contributed by atoms with Gasteiger partial charge in [0.05, 0.1) is 31.7 Å². The van der Waals surface area contributed by atoms with E-state index in [0.717, 1.165) is 49.5 Å². The molecule has 0 fully saturated rings. The van der Waals surface area contributed by atoms with E-state index in [2.05, 4.69) is 28.2 Å². The van der Waals surface area contributed by atoms with Crippen molar-refractivity contribution in [3.63, 3.8) is 0 Å². The smallest absolute Gasteiger partial charge is 0.252 e. The quantitative estimate of drug-likeness (QED) is 0.760. The van der Waals surface area contributed by atoms with Crippen molar-refractivity contribution in [3.05, 3.63) is 47.3 Å². The second kappa shape index (κ2) is 8.75. The van der Waals surface area contributed by atoms with Crippen LogP contribution in [0.4, 0.5) is 5.69 Å². The Hall–Kier alpha value is -2.76. The number of carbonyl (C=O) groups is 1. The lowest BCUT2D eigenvalue weighted by molar-refractivity contribution is 0.0953. The highest BCUT2D eigenvalue weighted by Gasteiger charge is 2.20. The van der Waals surface area contributed by atoms with Crippen LogP contribution >= 0.6 is 0 Å². The molecule has 3 rings (SSSR count). The van der Waals surface area contributed by atoms with Crippen LogP contribution in [0.15, 0.2) is 30.6 Å². The summed E-state index contributed by atoms with van der Waals surface area (Å²) >= 11 is 0. The van der Waals surface area contributed by atoms with Crippen molar-refractivity contribution in [3.8, 4) is 11.5 Å². The Kier molecular flexibility index (Phi) is 6.16. The van der Waals surface area contributed by atoms with Crippen molar-refractivity contribution < 1.29 is 14.3 Å². The fourth-order valence-corrected chi connectivity index (χ4v) is 3.31. The number of unbranched alkanes of at least 4 members (excludes halogenated alkanes) is 1. The Morgan fingerprint density at radius 2 is 1.89 bits per heavy atom. The zero-order chi connectivity index (χ0) is 19.2. The molecule has 1 aromatic heterocycles. The summed E-state index contributed by atoms with van der Waals surface area (Å²) in [6, 6.07) is 6.01. The minimum atomic E-state index is -0.0679. The van der Waals surface area contributed by atoms with Crippen LogP contribution in [-0.2, 0) is 13.0 Å². The number of benzene rings is 1. The number of carbonyl (C=O) groups excluding carboxylic acids is 1. The summed E-state index contributed by atoms with van der Waals surface area (Å²) in [5.74, 6) is 1.43. The Morgan fingerprint density at radius 3 is 2.59 bits per heavy atom. The van der Waals surface area contributed by atoms with Gasteiger partial charge >= 0.3 is 0 Å². The van der Waals surface area contributed by atoms with Gasteiger partial charge < -0.3 is 19.7 Å². The van der Waals surface area contributed by atoms with Crippen LogP contribution in [0.2, 0.25) is 0 Å². The molecule has 0 spiro atoms. The number of rotatable bonds is 7. The Balaban J connectivity index is 1.77. The molecular weight excluding hydrogens is 342 g/mol. The molecule has 0 saturated heterocycles. The molecule has 1 N–H and O–H groups in total. The minimum absolute atomic E-state index is 0.0679. The Bertz CT molecular complexity index is 807. The summed E-state index contributed by atoms with van der Waals surface area (Å²) in [5.41, 5.74) is 4.03. The molecule has 2 heterocycles. The first kappa shape index (κ1) is 19.0. The van der Waals surface area contributed by atoms with Crippen LogP contribution in [0.5, 0.6) is 11.5 Å². The van der Waals surface area contributed by atoms with E-state index in [9.17, 15) is 4.79 Å². The SMILES string of the molecule is CCCCNC(=O)c1cncc(N2CCc3cc(OC)c(OC)cc3C2)c1. The molecule has 0 unspecified atom stereocenters. The van der Waals surface area contributed by atoms with Gasteiger partial charge in [-0.25, -0.2) is 0 Å². The maximum absolute atomic E-state index is 12.3. The number of pyridine rings is 1.